The summed E-state index contributed by atoms with van der Waals surface area (Å²) in [5.74, 6) is 0.375. The minimum atomic E-state index is -5.06. The number of carbonyl (C=O) groups is 2. The highest BCUT2D eigenvalue weighted by atomic mass is 19.4. The molecule has 208 valence electrons. The molecule has 3 N–H and O–H groups in total. The highest BCUT2D eigenvalue weighted by Gasteiger charge is 2.38. The monoisotopic (exact) mass is 547 g/mol. The number of anilines is 2. The van der Waals surface area contributed by atoms with Gasteiger partial charge in [0.15, 0.2) is 0 Å². The number of rotatable bonds is 3. The zero-order valence-corrected chi connectivity index (χ0v) is 21.1. The topological polar surface area (TPSA) is 88.7 Å². The molecule has 0 aromatic heterocycles. The smallest absolute Gasteiger partial charge is 0.416 e. The van der Waals surface area contributed by atoms with Gasteiger partial charge in [-0.2, -0.15) is 26.3 Å². The summed E-state index contributed by atoms with van der Waals surface area (Å²) < 4.78 is 90.2. The molecule has 0 saturated heterocycles. The molecule has 1 aliphatic heterocycles. The van der Waals surface area contributed by atoms with E-state index in [1.807, 2.05) is 0 Å². The van der Waals surface area contributed by atoms with Gasteiger partial charge in [0.05, 0.1) is 17.2 Å². The summed E-state index contributed by atoms with van der Waals surface area (Å²) in [6.45, 7) is 8.57. The van der Waals surface area contributed by atoms with Gasteiger partial charge in [0, 0.05) is 23.4 Å². The number of hydrogen-bond acceptors (Lipinski definition) is 4. The molecule has 1 heterocycles. The van der Waals surface area contributed by atoms with Crippen LogP contribution in [0.5, 0.6) is 5.75 Å². The van der Waals surface area contributed by atoms with Crippen LogP contribution in [0.15, 0.2) is 36.4 Å². The molecule has 2 aromatic carbocycles. The Balaban J connectivity index is 1.85. The Bertz CT molecular complexity index is 1190. The molecule has 1 atom stereocenters. The van der Waals surface area contributed by atoms with Gasteiger partial charge in [0.1, 0.15) is 17.0 Å². The number of benzene rings is 2. The third-order valence-electron chi connectivity index (χ3n) is 5.26. The molecule has 0 saturated carbocycles. The maximum atomic E-state index is 13.2. The van der Waals surface area contributed by atoms with Gasteiger partial charge in [0.25, 0.3) is 0 Å². The van der Waals surface area contributed by atoms with E-state index in [0.717, 1.165) is 0 Å². The lowest BCUT2D eigenvalue weighted by Gasteiger charge is -2.38. The maximum absolute atomic E-state index is 13.2. The second-order valence-corrected chi connectivity index (χ2v) is 10.4. The molecule has 13 heteroatoms. The van der Waals surface area contributed by atoms with Gasteiger partial charge in [-0.25, -0.2) is 9.59 Å². The second-order valence-electron chi connectivity index (χ2n) is 10.4. The van der Waals surface area contributed by atoms with Crippen molar-refractivity contribution < 1.29 is 45.4 Å². The molecule has 0 spiro atoms. The van der Waals surface area contributed by atoms with Gasteiger partial charge in [-0.15, -0.1) is 0 Å². The van der Waals surface area contributed by atoms with Gasteiger partial charge in [-0.05, 0) is 71.0 Å². The fraction of sp³-hybridized carbons (Fsp3) is 0.440. The summed E-state index contributed by atoms with van der Waals surface area (Å²) >= 11 is 0. The Hall–Kier alpha value is -3.64. The Labute approximate surface area is 214 Å². The zero-order chi connectivity index (χ0) is 28.7. The van der Waals surface area contributed by atoms with Crippen molar-refractivity contribution in [1.29, 1.82) is 0 Å². The van der Waals surface area contributed by atoms with Crippen LogP contribution in [0.4, 0.5) is 47.3 Å². The molecule has 0 aliphatic carbocycles. The van der Waals surface area contributed by atoms with Crippen LogP contribution in [0.3, 0.4) is 0 Å². The Morgan fingerprint density at radius 3 is 2.00 bits per heavy atom. The summed E-state index contributed by atoms with van der Waals surface area (Å²) in [6, 6.07) is 3.67. The number of hydrogen-bond donors (Lipinski definition) is 3. The van der Waals surface area contributed by atoms with E-state index in [1.165, 1.54) is 6.07 Å². The average molecular weight is 547 g/mol. The highest BCUT2D eigenvalue weighted by molar-refractivity contribution is 5.90. The largest absolute Gasteiger partial charge is 0.487 e. The first kappa shape index (κ1) is 28.9. The molecule has 38 heavy (non-hydrogen) atoms. The molecule has 0 radical (unpaired) electrons. The average Bonchev–Trinajstić information content (AvgIpc) is 2.70. The summed E-state index contributed by atoms with van der Waals surface area (Å²) in [5, 5.41) is 7.21. The van der Waals surface area contributed by atoms with Gasteiger partial charge in [0.2, 0.25) is 0 Å². The number of fused-ring (bicyclic) bond motifs is 1. The molecule has 7 nitrogen and oxygen atoms in total. The summed E-state index contributed by atoms with van der Waals surface area (Å²) in [7, 11) is 0. The van der Waals surface area contributed by atoms with E-state index in [4.69, 9.17) is 9.47 Å². The van der Waals surface area contributed by atoms with E-state index in [9.17, 15) is 35.9 Å². The molecule has 3 amide bonds. The van der Waals surface area contributed by atoms with Crippen LogP contribution >= 0.6 is 0 Å². The van der Waals surface area contributed by atoms with Crippen molar-refractivity contribution in [1.82, 2.24) is 5.32 Å². The number of amides is 3. The molecular formula is C25H27F6N3O4. The summed E-state index contributed by atoms with van der Waals surface area (Å²) in [6.07, 6.45) is -10.6. The Morgan fingerprint density at radius 1 is 0.895 bits per heavy atom. The van der Waals surface area contributed by atoms with Crippen LogP contribution in [0.1, 0.15) is 63.8 Å². The first-order chi connectivity index (χ1) is 17.2. The van der Waals surface area contributed by atoms with E-state index in [0.29, 0.717) is 29.1 Å². The molecule has 0 fully saturated rings. The quantitative estimate of drug-likeness (QED) is 0.348. The van der Waals surface area contributed by atoms with Crippen molar-refractivity contribution in [2.24, 2.45) is 0 Å². The number of ether oxygens (including phenoxy) is 2. The van der Waals surface area contributed by atoms with E-state index in [1.54, 1.807) is 46.8 Å². The molecule has 2 aromatic rings. The van der Waals surface area contributed by atoms with E-state index in [2.05, 4.69) is 16.0 Å². The SMILES string of the molecule is CC(C)(C)OC(=O)Nc1ccc2c(c1)[C@H](NC(=O)Nc1cc(C(F)(F)F)cc(C(F)(F)F)c1)CC(C)(C)O2. The van der Waals surface area contributed by atoms with Crippen LogP contribution in [-0.4, -0.2) is 23.3 Å². The van der Waals surface area contributed by atoms with Gasteiger partial charge in [-0.1, -0.05) is 0 Å². The fourth-order valence-electron chi connectivity index (χ4n) is 3.84. The van der Waals surface area contributed by atoms with Crippen LogP contribution in [0.2, 0.25) is 0 Å². The van der Waals surface area contributed by atoms with Crippen LogP contribution < -0.4 is 20.7 Å². The first-order valence-corrected chi connectivity index (χ1v) is 11.4. The summed E-state index contributed by atoms with van der Waals surface area (Å²) in [4.78, 5) is 24.9. The number of urea groups is 1. The summed E-state index contributed by atoms with van der Waals surface area (Å²) in [5.41, 5.74) is -4.56. The molecule has 0 bridgehead atoms. The predicted octanol–water partition coefficient (Wildman–Crippen LogP) is 7.50. The second kappa shape index (κ2) is 9.91. The predicted molar refractivity (Wildman–Crippen MR) is 127 cm³/mol. The van der Waals surface area contributed by atoms with Gasteiger partial charge >= 0.3 is 24.5 Å². The van der Waals surface area contributed by atoms with E-state index >= 15 is 0 Å². The standard InChI is InChI=1S/C25H27F6N3O4/c1-22(2,3)38-21(36)33-15-6-7-19-17(11-15)18(12-23(4,5)37-19)34-20(35)32-16-9-13(24(26,27)28)8-14(10-16)25(29,30)31/h6-11,18H,12H2,1-5H3,(H,33,36)(H2,32,34,35)/t18-/m1/s1. The van der Waals surface area contributed by atoms with Gasteiger partial charge in [-0.3, -0.25) is 5.32 Å². The van der Waals surface area contributed by atoms with E-state index in [-0.39, 0.29) is 12.5 Å². The van der Waals surface area contributed by atoms with E-state index < -0.39 is 58.5 Å². The maximum Gasteiger partial charge on any atom is 0.416 e. The normalized spacial score (nSPS) is 17.1. The van der Waals surface area contributed by atoms with Gasteiger partial charge < -0.3 is 20.1 Å². The van der Waals surface area contributed by atoms with Crippen molar-refractivity contribution in [3.63, 3.8) is 0 Å². The first-order valence-electron chi connectivity index (χ1n) is 11.4. The Kier molecular flexibility index (Phi) is 7.55. The van der Waals surface area contributed by atoms with Crippen molar-refractivity contribution in [3.8, 4) is 5.75 Å². The lowest BCUT2D eigenvalue weighted by atomic mass is 9.89. The molecular weight excluding hydrogens is 520 g/mol. The van der Waals surface area contributed by atoms with Crippen LogP contribution in [0.25, 0.3) is 0 Å². The van der Waals surface area contributed by atoms with Crippen molar-refractivity contribution in [3.05, 3.63) is 53.1 Å². The lowest BCUT2D eigenvalue weighted by Crippen LogP contribution is -2.42. The third-order valence-corrected chi connectivity index (χ3v) is 5.26. The third kappa shape index (κ3) is 7.68. The number of carbonyl (C=O) groups excluding carboxylic acids is 2. The molecule has 0 unspecified atom stereocenters. The van der Waals surface area contributed by atoms with Crippen molar-refractivity contribution in [2.45, 2.75) is 70.6 Å². The number of alkyl halides is 6. The fourth-order valence-corrected chi connectivity index (χ4v) is 3.84. The molecule has 3 rings (SSSR count). The minimum absolute atomic E-state index is 0.0283. The lowest BCUT2D eigenvalue weighted by molar-refractivity contribution is -0.143. The molecule has 1 aliphatic rings. The zero-order valence-electron chi connectivity index (χ0n) is 21.1. The Morgan fingerprint density at radius 2 is 1.47 bits per heavy atom. The van der Waals surface area contributed by atoms with Crippen LogP contribution in [-0.2, 0) is 17.1 Å². The van der Waals surface area contributed by atoms with Crippen molar-refractivity contribution in [2.75, 3.05) is 10.6 Å². The van der Waals surface area contributed by atoms with Crippen molar-refractivity contribution >= 4 is 23.5 Å². The highest BCUT2D eigenvalue weighted by Crippen LogP contribution is 2.41. The number of nitrogens with one attached hydrogen (secondary N) is 3. The minimum Gasteiger partial charge on any atom is -0.487 e. The van der Waals surface area contributed by atoms with Crippen LogP contribution in [0, 0.1) is 0 Å². The number of halogens is 6.